The second-order valence-electron chi connectivity index (χ2n) is 8.06. The third kappa shape index (κ3) is 2.08. The number of halogens is 1. The number of hydrogen-bond acceptors (Lipinski definition) is 3. The summed E-state index contributed by atoms with van der Waals surface area (Å²) in [6, 6.07) is 0. The summed E-state index contributed by atoms with van der Waals surface area (Å²) >= 11 is 6.74. The van der Waals surface area contributed by atoms with Crippen molar-refractivity contribution >= 4 is 23.4 Å². The number of carbonyl (C=O) groups is 2. The summed E-state index contributed by atoms with van der Waals surface area (Å²) in [5, 5.41) is 0. The van der Waals surface area contributed by atoms with E-state index in [0.29, 0.717) is 12.3 Å². The van der Waals surface area contributed by atoms with Crippen LogP contribution in [0.15, 0.2) is 12.2 Å². The van der Waals surface area contributed by atoms with Crippen LogP contribution < -0.4 is 0 Å². The Bertz CT molecular complexity index is 571. The molecule has 3 aliphatic rings. The van der Waals surface area contributed by atoms with Crippen LogP contribution >= 0.6 is 11.6 Å². The van der Waals surface area contributed by atoms with Gasteiger partial charge in [0, 0.05) is 12.3 Å². The molecule has 0 saturated heterocycles. The monoisotopic (exact) mass is 338 g/mol. The summed E-state index contributed by atoms with van der Waals surface area (Å²) in [6.07, 6.45) is 5.07. The summed E-state index contributed by atoms with van der Waals surface area (Å²) in [6.45, 7) is 10.9. The minimum absolute atomic E-state index is 0.102. The SMILES string of the molecule is C=C1CCC2[C@]3(C)CCC(=O)[C@@](Cl)(C(=O)OCC)C3CC[C@@]12C. The minimum atomic E-state index is -1.49. The van der Waals surface area contributed by atoms with E-state index >= 15 is 0 Å². The summed E-state index contributed by atoms with van der Waals surface area (Å²) in [5.74, 6) is -0.383. The van der Waals surface area contributed by atoms with Crippen LogP contribution in [0.4, 0.5) is 0 Å². The Morgan fingerprint density at radius 1 is 1.26 bits per heavy atom. The van der Waals surface area contributed by atoms with Crippen molar-refractivity contribution in [3.8, 4) is 0 Å². The molecular formula is C19H27ClO3. The molecule has 3 nitrogen and oxygen atoms in total. The molecule has 3 aliphatic carbocycles. The van der Waals surface area contributed by atoms with Crippen LogP contribution in [-0.4, -0.2) is 23.2 Å². The highest BCUT2D eigenvalue weighted by atomic mass is 35.5. The molecule has 23 heavy (non-hydrogen) atoms. The molecule has 0 heterocycles. The molecule has 0 aromatic heterocycles. The summed E-state index contributed by atoms with van der Waals surface area (Å²) in [7, 11) is 0. The van der Waals surface area contributed by atoms with Gasteiger partial charge in [-0.2, -0.15) is 0 Å². The Labute approximate surface area is 143 Å². The predicted octanol–water partition coefficient (Wildman–Crippen LogP) is 4.28. The van der Waals surface area contributed by atoms with Crippen molar-refractivity contribution in [1.82, 2.24) is 0 Å². The Balaban J connectivity index is 2.03. The maximum absolute atomic E-state index is 12.6. The number of esters is 1. The first-order valence-electron chi connectivity index (χ1n) is 8.79. The molecule has 0 aromatic rings. The maximum Gasteiger partial charge on any atom is 0.335 e. The fourth-order valence-corrected chi connectivity index (χ4v) is 6.35. The minimum Gasteiger partial charge on any atom is -0.464 e. The van der Waals surface area contributed by atoms with Gasteiger partial charge in [0.25, 0.3) is 0 Å². The lowest BCUT2D eigenvalue weighted by Gasteiger charge is -2.59. The zero-order valence-corrected chi connectivity index (χ0v) is 15.2. The van der Waals surface area contributed by atoms with Gasteiger partial charge in [-0.25, -0.2) is 4.79 Å². The number of carbonyl (C=O) groups excluding carboxylic acids is 2. The molecular weight excluding hydrogens is 312 g/mol. The number of allylic oxidation sites excluding steroid dienone is 1. The van der Waals surface area contributed by atoms with Gasteiger partial charge in [-0.15, -0.1) is 0 Å². The van der Waals surface area contributed by atoms with Crippen molar-refractivity contribution in [2.45, 2.75) is 64.2 Å². The van der Waals surface area contributed by atoms with Crippen molar-refractivity contribution in [2.24, 2.45) is 22.7 Å². The van der Waals surface area contributed by atoms with Crippen LogP contribution in [-0.2, 0) is 14.3 Å². The second-order valence-corrected chi connectivity index (χ2v) is 8.66. The van der Waals surface area contributed by atoms with Gasteiger partial charge in [0.05, 0.1) is 6.61 Å². The van der Waals surface area contributed by atoms with Gasteiger partial charge in [-0.3, -0.25) is 4.79 Å². The van der Waals surface area contributed by atoms with E-state index < -0.39 is 10.8 Å². The molecule has 4 heteroatoms. The topological polar surface area (TPSA) is 43.4 Å². The van der Waals surface area contributed by atoms with E-state index in [4.69, 9.17) is 16.3 Å². The third-order valence-corrected chi connectivity index (χ3v) is 7.83. The lowest BCUT2D eigenvalue weighted by atomic mass is 9.46. The Morgan fingerprint density at radius 3 is 2.61 bits per heavy atom. The van der Waals surface area contributed by atoms with Gasteiger partial charge >= 0.3 is 5.97 Å². The normalized spacial score (nSPS) is 46.3. The van der Waals surface area contributed by atoms with Crippen LogP contribution in [0.5, 0.6) is 0 Å². The lowest BCUT2D eigenvalue weighted by Crippen LogP contribution is -2.62. The van der Waals surface area contributed by atoms with Gasteiger partial charge in [0.1, 0.15) is 0 Å². The molecule has 0 radical (unpaired) electrons. The quantitative estimate of drug-likeness (QED) is 0.327. The molecule has 3 rings (SSSR count). The van der Waals surface area contributed by atoms with Crippen molar-refractivity contribution in [2.75, 3.05) is 6.61 Å². The van der Waals surface area contributed by atoms with Crippen molar-refractivity contribution in [3.05, 3.63) is 12.2 Å². The van der Waals surface area contributed by atoms with Gasteiger partial charge in [0.15, 0.2) is 5.78 Å². The van der Waals surface area contributed by atoms with Crippen LogP contribution in [0.1, 0.15) is 59.3 Å². The van der Waals surface area contributed by atoms with Gasteiger partial charge in [-0.05, 0) is 55.8 Å². The van der Waals surface area contributed by atoms with Crippen LogP contribution in [0.25, 0.3) is 0 Å². The highest BCUT2D eigenvalue weighted by molar-refractivity contribution is 6.46. The summed E-state index contributed by atoms with van der Waals surface area (Å²) < 4.78 is 5.20. The third-order valence-electron chi connectivity index (χ3n) is 7.21. The average molecular weight is 339 g/mol. The number of alkyl halides is 1. The molecule has 0 bridgehead atoms. The van der Waals surface area contributed by atoms with E-state index in [-0.39, 0.29) is 29.1 Å². The first-order chi connectivity index (χ1) is 10.7. The number of rotatable bonds is 2. The van der Waals surface area contributed by atoms with Gasteiger partial charge < -0.3 is 4.74 Å². The number of fused-ring (bicyclic) bond motifs is 3. The van der Waals surface area contributed by atoms with Crippen molar-refractivity contribution < 1.29 is 14.3 Å². The van der Waals surface area contributed by atoms with E-state index in [0.717, 1.165) is 32.1 Å². The molecule has 0 N–H and O–H groups in total. The number of hydrogen-bond donors (Lipinski definition) is 0. The van der Waals surface area contributed by atoms with Crippen molar-refractivity contribution in [3.63, 3.8) is 0 Å². The molecule has 0 aromatic carbocycles. The molecule has 0 spiro atoms. The largest absolute Gasteiger partial charge is 0.464 e. The molecule has 0 amide bonds. The average Bonchev–Trinajstić information content (AvgIpc) is 2.81. The van der Waals surface area contributed by atoms with Crippen LogP contribution in [0.3, 0.4) is 0 Å². The highest BCUT2D eigenvalue weighted by Gasteiger charge is 2.67. The summed E-state index contributed by atoms with van der Waals surface area (Å²) in [5.41, 5.74) is 1.35. The van der Waals surface area contributed by atoms with E-state index in [1.807, 2.05) is 0 Å². The molecule has 2 unspecified atom stereocenters. The smallest absolute Gasteiger partial charge is 0.335 e. The summed E-state index contributed by atoms with van der Waals surface area (Å²) in [4.78, 5) is 23.7. The highest BCUT2D eigenvalue weighted by Crippen LogP contribution is 2.68. The fourth-order valence-electron chi connectivity index (χ4n) is 5.85. The zero-order valence-electron chi connectivity index (χ0n) is 14.4. The predicted molar refractivity (Wildman–Crippen MR) is 90.3 cm³/mol. The molecule has 3 fully saturated rings. The van der Waals surface area contributed by atoms with Crippen molar-refractivity contribution in [1.29, 1.82) is 0 Å². The first kappa shape index (κ1) is 17.0. The van der Waals surface area contributed by atoms with Gasteiger partial charge in [-0.1, -0.05) is 37.6 Å². The standard InChI is InChI=1S/C19H27ClO3/c1-5-23-16(22)19(20)14-8-10-17(3)12(2)6-7-13(17)18(14,4)11-9-15(19)21/h13-14H,2,5-11H2,1,3-4H3/t13?,14?,17-,18-,19+/m0/s1. The molecule has 0 aliphatic heterocycles. The number of Topliss-reactive ketones (excluding diaryl/α,β-unsaturated/α-hetero) is 1. The Morgan fingerprint density at radius 2 is 1.96 bits per heavy atom. The molecule has 3 saturated carbocycles. The number of ether oxygens (including phenoxy) is 1. The fraction of sp³-hybridized carbons (Fsp3) is 0.789. The second kappa shape index (κ2) is 5.34. The van der Waals surface area contributed by atoms with E-state index in [1.54, 1.807) is 6.92 Å². The van der Waals surface area contributed by atoms with E-state index in [9.17, 15) is 9.59 Å². The lowest BCUT2D eigenvalue weighted by molar-refractivity contribution is -0.163. The molecule has 5 atom stereocenters. The van der Waals surface area contributed by atoms with Gasteiger partial charge in [0.2, 0.25) is 4.87 Å². The van der Waals surface area contributed by atoms with E-state index in [1.165, 1.54) is 5.57 Å². The first-order valence-corrected chi connectivity index (χ1v) is 9.16. The maximum atomic E-state index is 12.6. The van der Waals surface area contributed by atoms with Crippen LogP contribution in [0, 0.1) is 22.7 Å². The Kier molecular flexibility index (Phi) is 3.95. The molecule has 128 valence electrons. The van der Waals surface area contributed by atoms with Crippen LogP contribution in [0.2, 0.25) is 0 Å². The zero-order chi connectivity index (χ0) is 17.0. The van der Waals surface area contributed by atoms with E-state index in [2.05, 4.69) is 20.4 Å². The number of ketones is 1. The Hall–Kier alpha value is -0.830.